The lowest BCUT2D eigenvalue weighted by Crippen LogP contribution is -2.34. The molecule has 2 N–H and O–H groups in total. The molecule has 0 aliphatic carbocycles. The smallest absolute Gasteiger partial charge is 0.337 e. The lowest BCUT2D eigenvalue weighted by molar-refractivity contribution is -0.137. The van der Waals surface area contributed by atoms with Gasteiger partial charge in [0.1, 0.15) is 5.70 Å². The number of nitrogens with zero attached hydrogens (tertiary/aromatic N) is 1. The van der Waals surface area contributed by atoms with Crippen LogP contribution in [0.1, 0.15) is 10.4 Å². The van der Waals surface area contributed by atoms with Crippen molar-refractivity contribution in [1.29, 1.82) is 0 Å². The topological polar surface area (TPSA) is 95.9 Å². The third-order valence-electron chi connectivity index (χ3n) is 2.96. The van der Waals surface area contributed by atoms with Crippen molar-refractivity contribution in [3.8, 4) is 0 Å². The predicted octanol–water partition coefficient (Wildman–Crippen LogP) is 0.696. The molecule has 1 aromatic carbocycles. The van der Waals surface area contributed by atoms with Gasteiger partial charge in [-0.2, -0.15) is 0 Å². The van der Waals surface area contributed by atoms with Crippen molar-refractivity contribution in [3.63, 3.8) is 0 Å². The number of carboxylic acid groups (broad SMARTS) is 1. The van der Waals surface area contributed by atoms with E-state index >= 15 is 0 Å². The van der Waals surface area contributed by atoms with Crippen LogP contribution in [0.25, 0.3) is 0 Å². The van der Waals surface area contributed by atoms with E-state index in [2.05, 4.69) is 5.32 Å². The number of hydrogen-bond donors (Lipinski definition) is 2. The standard InChI is InChI=1S/C14H14N2O5/c1-21-7-6-16-12(17)8-11(13(16)18)15-10-5-3-2-4-9(10)14(19)20/h2-5,8,15H,6-7H2,1H3,(H,19,20). The van der Waals surface area contributed by atoms with Crippen LogP contribution in [-0.2, 0) is 14.3 Å². The van der Waals surface area contributed by atoms with Crippen LogP contribution in [0.4, 0.5) is 5.69 Å². The number of carbonyl (C=O) groups excluding carboxylic acids is 2. The number of methoxy groups -OCH3 is 1. The van der Waals surface area contributed by atoms with Crippen LogP contribution in [0.2, 0.25) is 0 Å². The monoisotopic (exact) mass is 290 g/mol. The van der Waals surface area contributed by atoms with Crippen LogP contribution < -0.4 is 5.32 Å². The van der Waals surface area contributed by atoms with E-state index in [1.807, 2.05) is 0 Å². The second-order valence-electron chi connectivity index (χ2n) is 4.32. The quantitative estimate of drug-likeness (QED) is 0.749. The zero-order chi connectivity index (χ0) is 15.4. The van der Waals surface area contributed by atoms with E-state index < -0.39 is 17.8 Å². The molecule has 0 bridgehead atoms. The number of amides is 2. The number of imide groups is 1. The molecule has 1 aromatic rings. The number of para-hydroxylation sites is 1. The minimum Gasteiger partial charge on any atom is -0.478 e. The summed E-state index contributed by atoms with van der Waals surface area (Å²) < 4.78 is 4.84. The molecular formula is C14H14N2O5. The molecule has 1 heterocycles. The first-order valence-electron chi connectivity index (χ1n) is 6.20. The van der Waals surface area contributed by atoms with Gasteiger partial charge in [-0.25, -0.2) is 4.79 Å². The predicted molar refractivity (Wildman–Crippen MR) is 73.7 cm³/mol. The molecule has 0 atom stereocenters. The largest absolute Gasteiger partial charge is 0.478 e. The van der Waals surface area contributed by atoms with Crippen LogP contribution in [0.5, 0.6) is 0 Å². The van der Waals surface area contributed by atoms with E-state index in [1.165, 1.54) is 19.2 Å². The highest BCUT2D eigenvalue weighted by Gasteiger charge is 2.31. The Hall–Kier alpha value is -2.67. The fraction of sp³-hybridized carbons (Fsp3) is 0.214. The third-order valence-corrected chi connectivity index (χ3v) is 2.96. The van der Waals surface area contributed by atoms with Crippen LogP contribution in [0.15, 0.2) is 36.0 Å². The Labute approximate surface area is 120 Å². The summed E-state index contributed by atoms with van der Waals surface area (Å²) in [6, 6.07) is 6.16. The number of hydrogen-bond acceptors (Lipinski definition) is 5. The van der Waals surface area contributed by atoms with Gasteiger partial charge in [0.15, 0.2) is 0 Å². The van der Waals surface area contributed by atoms with Gasteiger partial charge in [0.05, 0.1) is 24.4 Å². The molecule has 0 unspecified atom stereocenters. The molecule has 0 saturated heterocycles. The summed E-state index contributed by atoms with van der Waals surface area (Å²) in [5, 5.41) is 11.8. The first kappa shape index (κ1) is 14.7. The van der Waals surface area contributed by atoms with Gasteiger partial charge in [-0.05, 0) is 12.1 Å². The van der Waals surface area contributed by atoms with Crippen molar-refractivity contribution < 1.29 is 24.2 Å². The van der Waals surface area contributed by atoms with E-state index in [-0.39, 0.29) is 30.1 Å². The molecule has 2 amide bonds. The summed E-state index contributed by atoms with van der Waals surface area (Å²) in [5.41, 5.74) is 0.324. The maximum Gasteiger partial charge on any atom is 0.337 e. The minimum atomic E-state index is -1.12. The molecule has 0 saturated carbocycles. The lowest BCUT2D eigenvalue weighted by Gasteiger charge is -2.15. The van der Waals surface area contributed by atoms with Crippen molar-refractivity contribution in [2.45, 2.75) is 0 Å². The summed E-state index contributed by atoms with van der Waals surface area (Å²) >= 11 is 0. The van der Waals surface area contributed by atoms with Gasteiger partial charge < -0.3 is 15.2 Å². The molecule has 1 aliphatic heterocycles. The van der Waals surface area contributed by atoms with Gasteiger partial charge in [0.25, 0.3) is 11.8 Å². The number of rotatable bonds is 6. The molecule has 1 aliphatic rings. The summed E-state index contributed by atoms with van der Waals surface area (Å²) in [7, 11) is 1.47. The number of nitrogens with one attached hydrogen (secondary N) is 1. The summed E-state index contributed by atoms with van der Waals surface area (Å²) in [6.07, 6.45) is 1.15. The summed E-state index contributed by atoms with van der Waals surface area (Å²) in [6.45, 7) is 0.390. The lowest BCUT2D eigenvalue weighted by atomic mass is 10.1. The zero-order valence-corrected chi connectivity index (χ0v) is 11.3. The van der Waals surface area contributed by atoms with Crippen LogP contribution in [0.3, 0.4) is 0 Å². The highest BCUT2D eigenvalue weighted by molar-refractivity contribution is 6.17. The molecule has 0 fully saturated rings. The Morgan fingerprint density at radius 3 is 2.71 bits per heavy atom. The second kappa shape index (κ2) is 6.19. The van der Waals surface area contributed by atoms with Crippen molar-refractivity contribution in [2.75, 3.05) is 25.6 Å². The van der Waals surface area contributed by atoms with Gasteiger partial charge in [0.2, 0.25) is 0 Å². The molecule has 0 spiro atoms. The Bertz CT molecular complexity index is 624. The average Bonchev–Trinajstić information content (AvgIpc) is 2.72. The summed E-state index contributed by atoms with van der Waals surface area (Å²) in [5.74, 6) is -2.07. The van der Waals surface area contributed by atoms with Crippen LogP contribution in [0, 0.1) is 0 Å². The van der Waals surface area contributed by atoms with Crippen molar-refractivity contribution in [1.82, 2.24) is 4.90 Å². The molecule has 110 valence electrons. The average molecular weight is 290 g/mol. The van der Waals surface area contributed by atoms with E-state index in [0.29, 0.717) is 0 Å². The molecule has 7 heteroatoms. The Kier molecular flexibility index (Phi) is 4.34. The van der Waals surface area contributed by atoms with Gasteiger partial charge in [0, 0.05) is 13.2 Å². The first-order valence-corrected chi connectivity index (χ1v) is 6.20. The maximum atomic E-state index is 12.1. The minimum absolute atomic E-state index is 0.0222. The Balaban J connectivity index is 2.18. The van der Waals surface area contributed by atoms with E-state index in [1.54, 1.807) is 12.1 Å². The van der Waals surface area contributed by atoms with Crippen molar-refractivity contribution in [3.05, 3.63) is 41.6 Å². The van der Waals surface area contributed by atoms with E-state index in [9.17, 15) is 14.4 Å². The number of anilines is 1. The van der Waals surface area contributed by atoms with Crippen LogP contribution in [-0.4, -0.2) is 48.1 Å². The molecule has 2 rings (SSSR count). The van der Waals surface area contributed by atoms with Crippen molar-refractivity contribution in [2.24, 2.45) is 0 Å². The van der Waals surface area contributed by atoms with Crippen LogP contribution >= 0.6 is 0 Å². The van der Waals surface area contributed by atoms with Gasteiger partial charge in [-0.1, -0.05) is 12.1 Å². The fourth-order valence-corrected chi connectivity index (χ4v) is 1.92. The fourth-order valence-electron chi connectivity index (χ4n) is 1.92. The first-order chi connectivity index (χ1) is 10.0. The normalized spacial score (nSPS) is 14.3. The molecule has 21 heavy (non-hydrogen) atoms. The molecule has 0 radical (unpaired) electrons. The van der Waals surface area contributed by atoms with Gasteiger partial charge in [-0.15, -0.1) is 0 Å². The Morgan fingerprint density at radius 1 is 1.33 bits per heavy atom. The molecular weight excluding hydrogens is 276 g/mol. The summed E-state index contributed by atoms with van der Waals surface area (Å²) in [4.78, 5) is 36.0. The second-order valence-corrected chi connectivity index (χ2v) is 4.32. The maximum absolute atomic E-state index is 12.1. The van der Waals surface area contributed by atoms with E-state index in [0.717, 1.165) is 11.0 Å². The molecule has 0 aromatic heterocycles. The van der Waals surface area contributed by atoms with Crippen molar-refractivity contribution >= 4 is 23.5 Å². The van der Waals surface area contributed by atoms with Gasteiger partial charge in [-0.3, -0.25) is 14.5 Å². The number of carboxylic acids is 1. The Morgan fingerprint density at radius 2 is 2.05 bits per heavy atom. The SMILES string of the molecule is COCCN1C(=O)C=C(Nc2ccccc2C(=O)O)C1=O. The zero-order valence-electron chi connectivity index (χ0n) is 11.3. The van der Waals surface area contributed by atoms with Gasteiger partial charge >= 0.3 is 5.97 Å². The highest BCUT2D eigenvalue weighted by atomic mass is 16.5. The molecule has 7 nitrogen and oxygen atoms in total. The third kappa shape index (κ3) is 3.09. The number of carbonyl (C=O) groups is 3. The number of benzene rings is 1. The number of aromatic carboxylic acids is 1. The highest BCUT2D eigenvalue weighted by Crippen LogP contribution is 2.20. The van der Waals surface area contributed by atoms with E-state index in [4.69, 9.17) is 9.84 Å². The number of ether oxygens (including phenoxy) is 1.